The molecular formula is C15H16N4. The summed E-state index contributed by atoms with van der Waals surface area (Å²) in [6.45, 7) is 2.91. The predicted octanol–water partition coefficient (Wildman–Crippen LogP) is 2.68. The van der Waals surface area contributed by atoms with Crippen LogP contribution in [0.2, 0.25) is 0 Å². The third kappa shape index (κ3) is 2.57. The fraction of sp³-hybridized carbons (Fsp3) is 0.200. The van der Waals surface area contributed by atoms with Gasteiger partial charge in [-0.15, -0.1) is 0 Å². The summed E-state index contributed by atoms with van der Waals surface area (Å²) in [5.74, 6) is 0. The van der Waals surface area contributed by atoms with Gasteiger partial charge in [0, 0.05) is 24.3 Å². The lowest BCUT2D eigenvalue weighted by Crippen LogP contribution is -1.96. The van der Waals surface area contributed by atoms with E-state index in [0.29, 0.717) is 0 Å². The zero-order chi connectivity index (χ0) is 13.1. The largest absolute Gasteiger partial charge is 0.331 e. The Bertz CT molecular complexity index is 652. The quantitative estimate of drug-likeness (QED) is 0.715. The first kappa shape index (κ1) is 11.7. The van der Waals surface area contributed by atoms with Gasteiger partial charge in [-0.2, -0.15) is 0 Å². The van der Waals surface area contributed by atoms with Crippen LogP contribution in [0.3, 0.4) is 0 Å². The Labute approximate surface area is 112 Å². The second-order valence-corrected chi connectivity index (χ2v) is 4.53. The first-order valence-corrected chi connectivity index (χ1v) is 6.43. The van der Waals surface area contributed by atoms with Gasteiger partial charge in [0.15, 0.2) is 0 Å². The Balaban J connectivity index is 1.84. The normalized spacial score (nSPS) is 10.8. The maximum atomic E-state index is 4.44. The van der Waals surface area contributed by atoms with Gasteiger partial charge in [0.25, 0.3) is 0 Å². The highest BCUT2D eigenvalue weighted by Gasteiger charge is 2.02. The van der Waals surface area contributed by atoms with Crippen LogP contribution < -0.4 is 0 Å². The lowest BCUT2D eigenvalue weighted by molar-refractivity contribution is 0.778. The van der Waals surface area contributed by atoms with E-state index in [4.69, 9.17) is 0 Å². The summed E-state index contributed by atoms with van der Waals surface area (Å²) in [6.07, 6.45) is 10.5. The summed E-state index contributed by atoms with van der Waals surface area (Å²) < 4.78 is 4.07. The summed E-state index contributed by atoms with van der Waals surface area (Å²) in [4.78, 5) is 8.47. The molecule has 0 aliphatic carbocycles. The van der Waals surface area contributed by atoms with E-state index in [0.717, 1.165) is 24.3 Å². The van der Waals surface area contributed by atoms with Gasteiger partial charge in [-0.25, -0.2) is 9.97 Å². The SMILES string of the molecule is CCc1cccc(-n2cnc(Cn3ccnc3)c2)c1. The molecule has 0 radical (unpaired) electrons. The number of aryl methyl sites for hydroxylation is 1. The summed E-state index contributed by atoms with van der Waals surface area (Å²) in [6, 6.07) is 8.53. The molecule has 0 atom stereocenters. The van der Waals surface area contributed by atoms with Crippen LogP contribution in [0.1, 0.15) is 18.2 Å². The van der Waals surface area contributed by atoms with Gasteiger partial charge >= 0.3 is 0 Å². The predicted molar refractivity (Wildman–Crippen MR) is 74.3 cm³/mol. The lowest BCUT2D eigenvalue weighted by Gasteiger charge is -2.04. The van der Waals surface area contributed by atoms with Crippen molar-refractivity contribution in [3.05, 3.63) is 66.8 Å². The van der Waals surface area contributed by atoms with Crippen LogP contribution in [-0.2, 0) is 13.0 Å². The fourth-order valence-electron chi connectivity index (χ4n) is 2.09. The Morgan fingerprint density at radius 3 is 2.95 bits per heavy atom. The number of nitrogens with zero attached hydrogens (tertiary/aromatic N) is 4. The third-order valence-corrected chi connectivity index (χ3v) is 3.16. The number of hydrogen-bond acceptors (Lipinski definition) is 2. The van der Waals surface area contributed by atoms with Crippen molar-refractivity contribution in [1.29, 1.82) is 0 Å². The van der Waals surface area contributed by atoms with Gasteiger partial charge in [0.1, 0.15) is 0 Å². The highest BCUT2D eigenvalue weighted by molar-refractivity contribution is 5.36. The molecule has 0 aliphatic rings. The van der Waals surface area contributed by atoms with Crippen molar-refractivity contribution in [3.8, 4) is 5.69 Å². The molecule has 0 aliphatic heterocycles. The highest BCUT2D eigenvalue weighted by Crippen LogP contribution is 2.12. The molecule has 3 aromatic rings. The topological polar surface area (TPSA) is 35.6 Å². The van der Waals surface area contributed by atoms with Gasteiger partial charge in [0.2, 0.25) is 0 Å². The van der Waals surface area contributed by atoms with E-state index < -0.39 is 0 Å². The van der Waals surface area contributed by atoms with Gasteiger partial charge in [-0.1, -0.05) is 19.1 Å². The van der Waals surface area contributed by atoms with Gasteiger partial charge in [0.05, 0.1) is 24.9 Å². The van der Waals surface area contributed by atoms with E-state index >= 15 is 0 Å². The van der Waals surface area contributed by atoms with Crippen molar-refractivity contribution in [2.45, 2.75) is 19.9 Å². The summed E-state index contributed by atoms with van der Waals surface area (Å²) in [5.41, 5.74) is 3.52. The molecule has 2 aromatic heterocycles. The molecule has 96 valence electrons. The van der Waals surface area contributed by atoms with E-state index in [1.54, 1.807) is 12.5 Å². The average Bonchev–Trinajstić information content (AvgIpc) is 3.11. The Morgan fingerprint density at radius 1 is 1.21 bits per heavy atom. The molecule has 2 heterocycles. The van der Waals surface area contributed by atoms with Crippen LogP contribution in [0.5, 0.6) is 0 Å². The molecule has 0 N–H and O–H groups in total. The zero-order valence-corrected chi connectivity index (χ0v) is 10.9. The first-order valence-electron chi connectivity index (χ1n) is 6.43. The van der Waals surface area contributed by atoms with E-state index in [-0.39, 0.29) is 0 Å². The number of aromatic nitrogens is 4. The molecule has 0 saturated carbocycles. The number of imidazole rings is 2. The monoisotopic (exact) mass is 252 g/mol. The van der Waals surface area contributed by atoms with Crippen LogP contribution in [0.25, 0.3) is 5.69 Å². The van der Waals surface area contributed by atoms with Crippen molar-refractivity contribution >= 4 is 0 Å². The van der Waals surface area contributed by atoms with Crippen molar-refractivity contribution in [1.82, 2.24) is 19.1 Å². The molecule has 1 aromatic carbocycles. The molecule has 0 unspecified atom stereocenters. The molecule has 19 heavy (non-hydrogen) atoms. The smallest absolute Gasteiger partial charge is 0.0996 e. The Hall–Kier alpha value is -2.36. The molecule has 0 saturated heterocycles. The van der Waals surface area contributed by atoms with Crippen LogP contribution in [0, 0.1) is 0 Å². The number of rotatable bonds is 4. The Kier molecular flexibility index (Phi) is 3.14. The lowest BCUT2D eigenvalue weighted by atomic mass is 10.1. The van der Waals surface area contributed by atoms with E-state index in [9.17, 15) is 0 Å². The van der Waals surface area contributed by atoms with Gasteiger partial charge in [-0.05, 0) is 24.1 Å². The van der Waals surface area contributed by atoms with E-state index in [1.165, 1.54) is 5.56 Å². The van der Waals surface area contributed by atoms with Crippen molar-refractivity contribution in [2.75, 3.05) is 0 Å². The summed E-state index contributed by atoms with van der Waals surface area (Å²) in [7, 11) is 0. The first-order chi connectivity index (χ1) is 9.35. The summed E-state index contributed by atoms with van der Waals surface area (Å²) in [5, 5.41) is 0. The van der Waals surface area contributed by atoms with Crippen molar-refractivity contribution in [3.63, 3.8) is 0 Å². The molecule has 3 rings (SSSR count). The second-order valence-electron chi connectivity index (χ2n) is 4.53. The molecule has 0 bridgehead atoms. The fourth-order valence-corrected chi connectivity index (χ4v) is 2.09. The minimum atomic E-state index is 0.750. The minimum absolute atomic E-state index is 0.750. The van der Waals surface area contributed by atoms with Crippen LogP contribution in [0.15, 0.2) is 55.5 Å². The average molecular weight is 252 g/mol. The Morgan fingerprint density at radius 2 is 2.16 bits per heavy atom. The molecule has 0 fully saturated rings. The molecule has 0 amide bonds. The van der Waals surface area contributed by atoms with Crippen molar-refractivity contribution < 1.29 is 0 Å². The van der Waals surface area contributed by atoms with E-state index in [1.807, 2.05) is 17.1 Å². The van der Waals surface area contributed by atoms with Gasteiger partial charge in [-0.3, -0.25) is 0 Å². The van der Waals surface area contributed by atoms with Gasteiger partial charge < -0.3 is 9.13 Å². The molecule has 4 heteroatoms. The maximum absolute atomic E-state index is 4.44. The van der Waals surface area contributed by atoms with Crippen LogP contribution in [0.4, 0.5) is 0 Å². The van der Waals surface area contributed by atoms with Crippen LogP contribution in [-0.4, -0.2) is 19.1 Å². The number of benzene rings is 1. The standard InChI is InChI=1S/C15H16N4/c1-2-13-4-3-5-15(8-13)19-10-14(17-12-19)9-18-7-6-16-11-18/h3-8,10-12H,2,9H2,1H3. The minimum Gasteiger partial charge on any atom is -0.331 e. The van der Waals surface area contributed by atoms with Crippen LogP contribution >= 0.6 is 0 Å². The zero-order valence-electron chi connectivity index (χ0n) is 10.9. The molecule has 0 spiro atoms. The van der Waals surface area contributed by atoms with Crippen molar-refractivity contribution in [2.24, 2.45) is 0 Å². The molecular weight excluding hydrogens is 236 g/mol. The summed E-state index contributed by atoms with van der Waals surface area (Å²) >= 11 is 0. The number of hydrogen-bond donors (Lipinski definition) is 0. The van der Waals surface area contributed by atoms with E-state index in [2.05, 4.69) is 51.9 Å². The second kappa shape index (κ2) is 5.10. The third-order valence-electron chi connectivity index (χ3n) is 3.16. The highest BCUT2D eigenvalue weighted by atomic mass is 15.1. The maximum Gasteiger partial charge on any atom is 0.0996 e. The molecule has 4 nitrogen and oxygen atoms in total.